The van der Waals surface area contributed by atoms with Crippen LogP contribution in [0.1, 0.15) is 0 Å². The first-order valence-electron chi connectivity index (χ1n) is 8.79. The monoisotopic (exact) mass is 407 g/mol. The van der Waals surface area contributed by atoms with Crippen LogP contribution in [0.4, 0.5) is 5.69 Å². The maximum Gasteiger partial charge on any atom is 0.298 e. The summed E-state index contributed by atoms with van der Waals surface area (Å²) in [6.45, 7) is 0. The molecule has 1 aromatic heterocycles. The Balaban J connectivity index is 1.45. The first kappa shape index (κ1) is 18.8. The molecule has 29 heavy (non-hydrogen) atoms. The molecule has 0 aliphatic rings. The van der Waals surface area contributed by atoms with Crippen LogP contribution in [-0.2, 0) is 4.79 Å². The molecule has 0 saturated carbocycles. The number of hydrogen-bond acceptors (Lipinski definition) is 6. The quantitative estimate of drug-likeness (QED) is 0.390. The van der Waals surface area contributed by atoms with Gasteiger partial charge in [0.25, 0.3) is 5.03 Å². The fourth-order valence-electron chi connectivity index (χ4n) is 2.85. The highest BCUT2D eigenvalue weighted by molar-refractivity contribution is 7.99. The Kier molecular flexibility index (Phi) is 5.35. The fraction of sp³-hybridized carbons (Fsp3) is 0.0952. The van der Waals surface area contributed by atoms with Gasteiger partial charge in [0.15, 0.2) is 5.95 Å². The zero-order valence-corrected chi connectivity index (χ0v) is 16.3. The van der Waals surface area contributed by atoms with Crippen LogP contribution in [0.15, 0.2) is 76.3 Å². The van der Waals surface area contributed by atoms with Crippen molar-refractivity contribution in [3.63, 3.8) is 0 Å². The smallest absolute Gasteiger partial charge is 0.298 e. The summed E-state index contributed by atoms with van der Waals surface area (Å²) in [5.74, 6) is -0.0972. The molecule has 146 valence electrons. The van der Waals surface area contributed by atoms with E-state index in [1.807, 2.05) is 42.5 Å². The number of rotatable bonds is 6. The molecule has 0 saturated heterocycles. The molecule has 0 atom stereocenters. The Bertz CT molecular complexity index is 1160. The average Bonchev–Trinajstić information content (AvgIpc) is 3.12. The van der Waals surface area contributed by atoms with Crippen LogP contribution < -0.4 is 19.8 Å². The van der Waals surface area contributed by atoms with Crippen molar-refractivity contribution in [2.75, 3.05) is 18.2 Å². The largest absolute Gasteiger partial charge is 0.538 e. The standard InChI is InChI=1S/C21H17N3O4S/c1-27-18-10-8-17(9-11-18)24-20(21(26)28-23-24)29-13-19(25)22-16-7-6-14-4-2-3-5-15(14)12-16/h2-12H,13H2,1H3,(H-,22,23,25,26). The van der Waals surface area contributed by atoms with E-state index in [0.717, 1.165) is 22.5 Å². The van der Waals surface area contributed by atoms with Crippen LogP contribution in [0.5, 0.6) is 11.7 Å². The minimum Gasteiger partial charge on any atom is -0.538 e. The number of hydrogen-bond donors (Lipinski definition) is 1. The van der Waals surface area contributed by atoms with Gasteiger partial charge in [0.05, 0.1) is 18.1 Å². The minimum absolute atomic E-state index is 0.0411. The van der Waals surface area contributed by atoms with Crippen molar-refractivity contribution in [2.24, 2.45) is 0 Å². The van der Waals surface area contributed by atoms with Gasteiger partial charge in [-0.05, 0) is 51.5 Å². The van der Waals surface area contributed by atoms with Gasteiger partial charge < -0.3 is 19.7 Å². The predicted molar refractivity (Wildman–Crippen MR) is 107 cm³/mol. The maximum absolute atomic E-state index is 12.4. The van der Waals surface area contributed by atoms with E-state index < -0.39 is 5.95 Å². The number of carbonyl (C=O) groups is 1. The Morgan fingerprint density at radius 2 is 1.90 bits per heavy atom. The van der Waals surface area contributed by atoms with Gasteiger partial charge in [0, 0.05) is 17.8 Å². The molecule has 0 spiro atoms. The number of fused-ring (bicyclic) bond motifs is 1. The van der Waals surface area contributed by atoms with Gasteiger partial charge in [-0.15, -0.1) is 0 Å². The minimum atomic E-state index is -0.593. The molecule has 8 heteroatoms. The lowest BCUT2D eigenvalue weighted by molar-refractivity contribution is -0.705. The summed E-state index contributed by atoms with van der Waals surface area (Å²) in [4.78, 5) is 12.4. The van der Waals surface area contributed by atoms with E-state index in [1.54, 1.807) is 31.4 Å². The third-order valence-electron chi connectivity index (χ3n) is 4.26. The molecule has 3 aromatic carbocycles. The molecular weight excluding hydrogens is 390 g/mol. The Morgan fingerprint density at radius 1 is 1.14 bits per heavy atom. The van der Waals surface area contributed by atoms with Gasteiger partial charge in [-0.25, -0.2) is 0 Å². The summed E-state index contributed by atoms with van der Waals surface area (Å²) in [6.07, 6.45) is 0. The van der Waals surface area contributed by atoms with Gasteiger partial charge >= 0.3 is 0 Å². The third-order valence-corrected chi connectivity index (χ3v) is 5.28. The number of anilines is 1. The number of benzene rings is 3. The number of ether oxygens (including phenoxy) is 1. The van der Waals surface area contributed by atoms with Crippen LogP contribution in [0.3, 0.4) is 0 Å². The Hall–Kier alpha value is -3.52. The molecular formula is C21H17N3O4S. The molecule has 1 N–H and O–H groups in total. The molecule has 0 fully saturated rings. The van der Waals surface area contributed by atoms with E-state index in [9.17, 15) is 9.90 Å². The first-order chi connectivity index (χ1) is 14.1. The van der Waals surface area contributed by atoms with Gasteiger partial charge in [0.2, 0.25) is 11.6 Å². The third kappa shape index (κ3) is 4.17. The molecule has 1 amide bonds. The number of thioether (sulfide) groups is 1. The molecule has 4 rings (SSSR count). The molecule has 7 nitrogen and oxygen atoms in total. The summed E-state index contributed by atoms with van der Waals surface area (Å²) >= 11 is 1.07. The Morgan fingerprint density at radius 3 is 2.66 bits per heavy atom. The van der Waals surface area contributed by atoms with Crippen molar-refractivity contribution in [3.8, 4) is 17.4 Å². The molecule has 0 aliphatic carbocycles. The molecule has 0 aliphatic heterocycles. The van der Waals surface area contributed by atoms with Crippen molar-refractivity contribution >= 4 is 34.1 Å². The van der Waals surface area contributed by atoms with Crippen LogP contribution in [0.2, 0.25) is 0 Å². The van der Waals surface area contributed by atoms with E-state index in [1.165, 1.54) is 4.68 Å². The highest BCUT2D eigenvalue weighted by Crippen LogP contribution is 2.24. The summed E-state index contributed by atoms with van der Waals surface area (Å²) in [5.41, 5.74) is 1.33. The highest BCUT2D eigenvalue weighted by atomic mass is 32.2. The number of nitrogens with zero attached hydrogens (tertiary/aromatic N) is 2. The van der Waals surface area contributed by atoms with E-state index in [2.05, 4.69) is 10.6 Å². The van der Waals surface area contributed by atoms with E-state index >= 15 is 0 Å². The van der Waals surface area contributed by atoms with Crippen molar-refractivity contribution in [3.05, 3.63) is 66.7 Å². The van der Waals surface area contributed by atoms with Crippen LogP contribution in [0, 0.1) is 0 Å². The zero-order valence-electron chi connectivity index (χ0n) is 15.5. The zero-order chi connectivity index (χ0) is 20.2. The van der Waals surface area contributed by atoms with Gasteiger partial charge in [-0.1, -0.05) is 30.3 Å². The van der Waals surface area contributed by atoms with Crippen molar-refractivity contribution in [1.82, 2.24) is 5.27 Å². The van der Waals surface area contributed by atoms with Crippen molar-refractivity contribution in [2.45, 2.75) is 5.03 Å². The number of amides is 1. The van der Waals surface area contributed by atoms with Crippen LogP contribution in [-0.4, -0.2) is 24.0 Å². The predicted octanol–water partition coefficient (Wildman–Crippen LogP) is 2.92. The lowest BCUT2D eigenvalue weighted by Crippen LogP contribution is -2.35. The molecule has 1 heterocycles. The van der Waals surface area contributed by atoms with Crippen molar-refractivity contribution in [1.29, 1.82) is 0 Å². The number of nitrogens with one attached hydrogen (secondary N) is 1. The van der Waals surface area contributed by atoms with Crippen LogP contribution in [0.25, 0.3) is 16.5 Å². The molecule has 4 aromatic rings. The van der Waals surface area contributed by atoms with E-state index in [0.29, 0.717) is 17.1 Å². The summed E-state index contributed by atoms with van der Waals surface area (Å²) in [7, 11) is 1.57. The fourth-order valence-corrected chi connectivity index (χ4v) is 3.60. The molecule has 0 bridgehead atoms. The SMILES string of the molecule is COc1ccc(-[n+]2noc([O-])c2SCC(=O)Nc2ccc3ccccc3c2)cc1. The second kappa shape index (κ2) is 8.24. The first-order valence-corrected chi connectivity index (χ1v) is 9.77. The van der Waals surface area contributed by atoms with Crippen LogP contribution >= 0.6 is 11.8 Å². The summed E-state index contributed by atoms with van der Waals surface area (Å²) < 4.78 is 11.3. The number of methoxy groups -OCH3 is 1. The highest BCUT2D eigenvalue weighted by Gasteiger charge is 2.22. The maximum atomic E-state index is 12.4. The second-order valence-electron chi connectivity index (χ2n) is 6.17. The summed E-state index contributed by atoms with van der Waals surface area (Å²) in [5, 5.41) is 21.0. The van der Waals surface area contributed by atoms with E-state index in [4.69, 9.17) is 9.26 Å². The number of aromatic nitrogens is 2. The second-order valence-corrected chi connectivity index (χ2v) is 7.14. The topological polar surface area (TPSA) is 91.3 Å². The molecule has 0 unspecified atom stereocenters. The Labute approximate surface area is 170 Å². The van der Waals surface area contributed by atoms with E-state index in [-0.39, 0.29) is 16.7 Å². The lowest BCUT2D eigenvalue weighted by Gasteiger charge is -2.06. The summed E-state index contributed by atoms with van der Waals surface area (Å²) in [6, 6.07) is 20.6. The van der Waals surface area contributed by atoms with Crippen molar-refractivity contribution < 1.29 is 23.8 Å². The lowest BCUT2D eigenvalue weighted by atomic mass is 10.1. The van der Waals surface area contributed by atoms with Gasteiger partial charge in [-0.3, -0.25) is 4.79 Å². The normalized spacial score (nSPS) is 10.8. The average molecular weight is 407 g/mol. The molecule has 0 radical (unpaired) electrons. The van der Waals surface area contributed by atoms with Gasteiger partial charge in [0.1, 0.15) is 5.75 Å². The van der Waals surface area contributed by atoms with Gasteiger partial charge in [-0.2, -0.15) is 0 Å². The number of carbonyl (C=O) groups excluding carboxylic acids is 1.